The molecule has 35 heavy (non-hydrogen) atoms. The number of hydrogen-bond acceptors (Lipinski definition) is 4. The third kappa shape index (κ3) is 5.84. The van der Waals surface area contributed by atoms with Gasteiger partial charge in [-0.1, -0.05) is 38.1 Å². The highest BCUT2D eigenvalue weighted by atomic mass is 19.1. The number of halogens is 1. The van der Waals surface area contributed by atoms with Crippen molar-refractivity contribution >= 4 is 5.97 Å². The average molecular weight is 477 g/mol. The summed E-state index contributed by atoms with van der Waals surface area (Å²) < 4.78 is 31.0. The molecule has 0 heterocycles. The number of aryl methyl sites for hydroxylation is 1. The van der Waals surface area contributed by atoms with Crippen LogP contribution in [0.3, 0.4) is 0 Å². The first-order chi connectivity index (χ1) is 16.9. The molecule has 184 valence electrons. The molecule has 0 aromatic heterocycles. The van der Waals surface area contributed by atoms with E-state index in [1.165, 1.54) is 24.3 Å². The lowest BCUT2D eigenvalue weighted by molar-refractivity contribution is -0.141. The second-order valence-electron chi connectivity index (χ2n) is 9.60. The van der Waals surface area contributed by atoms with Gasteiger partial charge in [0.15, 0.2) is 0 Å². The van der Waals surface area contributed by atoms with Gasteiger partial charge in [0, 0.05) is 5.56 Å². The lowest BCUT2D eigenvalue weighted by Gasteiger charge is -2.16. The van der Waals surface area contributed by atoms with Gasteiger partial charge in [-0.15, -0.1) is 0 Å². The van der Waals surface area contributed by atoms with Gasteiger partial charge < -0.3 is 14.2 Å². The predicted octanol–water partition coefficient (Wildman–Crippen LogP) is 6.87. The molecule has 3 aromatic rings. The first-order valence-corrected chi connectivity index (χ1v) is 12.2. The van der Waals surface area contributed by atoms with Crippen LogP contribution in [0.5, 0.6) is 11.5 Å². The number of carbonyl (C=O) groups excluding carboxylic acids is 1. The van der Waals surface area contributed by atoms with Crippen molar-refractivity contribution < 1.29 is 23.4 Å². The minimum Gasteiger partial charge on any atom is -0.497 e. The minimum atomic E-state index is -0.261. The monoisotopic (exact) mass is 476 g/mol. The Balaban J connectivity index is 1.52. The fourth-order valence-corrected chi connectivity index (χ4v) is 4.88. The van der Waals surface area contributed by atoms with Crippen molar-refractivity contribution in [2.45, 2.75) is 52.1 Å². The first-order valence-electron chi connectivity index (χ1n) is 12.2. The molecular formula is C30H33FO4. The van der Waals surface area contributed by atoms with Gasteiger partial charge >= 0.3 is 5.97 Å². The zero-order chi connectivity index (χ0) is 24.9. The molecule has 1 atom stereocenters. The molecule has 4 nitrogen and oxygen atoms in total. The van der Waals surface area contributed by atoms with E-state index in [-0.39, 0.29) is 17.7 Å². The number of hydrogen-bond donors (Lipinski definition) is 0. The van der Waals surface area contributed by atoms with Crippen LogP contribution in [0.2, 0.25) is 0 Å². The summed E-state index contributed by atoms with van der Waals surface area (Å²) in [7, 11) is 3.02. The second-order valence-corrected chi connectivity index (χ2v) is 9.60. The average Bonchev–Trinajstić information content (AvgIpc) is 3.24. The van der Waals surface area contributed by atoms with Crippen LogP contribution in [0.4, 0.5) is 4.39 Å². The van der Waals surface area contributed by atoms with E-state index in [0.29, 0.717) is 30.3 Å². The summed E-state index contributed by atoms with van der Waals surface area (Å²) in [6.45, 7) is 4.75. The molecule has 1 aliphatic rings. The molecule has 0 saturated carbocycles. The third-order valence-corrected chi connectivity index (χ3v) is 6.62. The highest BCUT2D eigenvalue weighted by molar-refractivity contribution is 5.71. The zero-order valence-corrected chi connectivity index (χ0v) is 20.9. The van der Waals surface area contributed by atoms with E-state index in [4.69, 9.17) is 14.2 Å². The van der Waals surface area contributed by atoms with Crippen LogP contribution in [0.25, 0.3) is 11.1 Å². The van der Waals surface area contributed by atoms with Crippen molar-refractivity contribution in [3.63, 3.8) is 0 Å². The van der Waals surface area contributed by atoms with E-state index >= 15 is 0 Å². The maximum atomic E-state index is 14.7. The van der Waals surface area contributed by atoms with Gasteiger partial charge in [-0.05, 0) is 89.2 Å². The molecule has 5 heteroatoms. The van der Waals surface area contributed by atoms with Crippen LogP contribution < -0.4 is 9.47 Å². The Bertz CT molecular complexity index is 1200. The standard InChI is InChI=1S/C30H33FO4/c1-19(2)13-23-14-20(5-10-27(23)28-17-24(33-3)9-12-29(28)31)18-35-25-8-11-26-21(15-25)6-7-22(26)16-30(32)34-4/h5,8-12,14-15,17,19,22H,6-7,13,16,18H2,1-4H3/t22-/m0/s1. The van der Waals surface area contributed by atoms with E-state index in [0.717, 1.165) is 41.7 Å². The summed E-state index contributed by atoms with van der Waals surface area (Å²) >= 11 is 0. The van der Waals surface area contributed by atoms with Crippen molar-refractivity contribution in [2.75, 3.05) is 14.2 Å². The van der Waals surface area contributed by atoms with Crippen molar-refractivity contribution in [1.29, 1.82) is 0 Å². The maximum Gasteiger partial charge on any atom is 0.306 e. The summed E-state index contributed by atoms with van der Waals surface area (Å²) in [6, 6.07) is 17.1. The topological polar surface area (TPSA) is 44.8 Å². The van der Waals surface area contributed by atoms with Crippen molar-refractivity contribution in [1.82, 2.24) is 0 Å². The molecule has 0 fully saturated rings. The SMILES string of the molecule is COC(=O)C[C@@H]1CCc2cc(OCc3ccc(-c4cc(OC)ccc4F)c(CC(C)C)c3)ccc21. The lowest BCUT2D eigenvalue weighted by Crippen LogP contribution is -2.06. The van der Waals surface area contributed by atoms with Crippen LogP contribution in [0.15, 0.2) is 54.6 Å². The quantitative estimate of drug-likeness (QED) is 0.316. The molecule has 0 amide bonds. The van der Waals surface area contributed by atoms with E-state index in [2.05, 4.69) is 32.0 Å². The van der Waals surface area contributed by atoms with Crippen LogP contribution in [-0.2, 0) is 29.0 Å². The van der Waals surface area contributed by atoms with Crippen molar-refractivity contribution in [3.8, 4) is 22.6 Å². The smallest absolute Gasteiger partial charge is 0.306 e. The highest BCUT2D eigenvalue weighted by Crippen LogP contribution is 2.38. The molecular weight excluding hydrogens is 443 g/mol. The van der Waals surface area contributed by atoms with Gasteiger partial charge in [0.25, 0.3) is 0 Å². The van der Waals surface area contributed by atoms with Gasteiger partial charge in [-0.3, -0.25) is 4.79 Å². The van der Waals surface area contributed by atoms with E-state index in [9.17, 15) is 9.18 Å². The predicted molar refractivity (Wildman–Crippen MR) is 135 cm³/mol. The third-order valence-electron chi connectivity index (χ3n) is 6.62. The number of fused-ring (bicyclic) bond motifs is 1. The number of benzene rings is 3. The Morgan fingerprint density at radius 3 is 2.54 bits per heavy atom. The van der Waals surface area contributed by atoms with Gasteiger partial charge in [-0.2, -0.15) is 0 Å². The Labute approximate surface area is 207 Å². The summed E-state index contributed by atoms with van der Waals surface area (Å²) in [4.78, 5) is 11.7. The summed E-state index contributed by atoms with van der Waals surface area (Å²) in [5.74, 6) is 1.66. The number of esters is 1. The second kappa shape index (κ2) is 10.9. The normalized spacial score (nSPS) is 14.6. The van der Waals surface area contributed by atoms with Crippen LogP contribution in [0.1, 0.15) is 54.9 Å². The molecule has 0 radical (unpaired) electrons. The molecule has 0 unspecified atom stereocenters. The van der Waals surface area contributed by atoms with E-state index in [1.54, 1.807) is 19.2 Å². The largest absolute Gasteiger partial charge is 0.497 e. The highest BCUT2D eigenvalue weighted by Gasteiger charge is 2.25. The van der Waals surface area contributed by atoms with Crippen LogP contribution in [-0.4, -0.2) is 20.2 Å². The number of carbonyl (C=O) groups is 1. The van der Waals surface area contributed by atoms with Crippen molar-refractivity contribution in [2.24, 2.45) is 5.92 Å². The van der Waals surface area contributed by atoms with Crippen LogP contribution >= 0.6 is 0 Å². The summed E-state index contributed by atoms with van der Waals surface area (Å²) in [5.41, 5.74) is 6.01. The molecule has 4 rings (SSSR count). The maximum absolute atomic E-state index is 14.7. The van der Waals surface area contributed by atoms with E-state index in [1.807, 2.05) is 18.2 Å². The van der Waals surface area contributed by atoms with Gasteiger partial charge in [0.1, 0.15) is 23.9 Å². The molecule has 3 aromatic carbocycles. The number of rotatable bonds is 9. The fourth-order valence-electron chi connectivity index (χ4n) is 4.88. The Hall–Kier alpha value is -3.34. The molecule has 0 aliphatic heterocycles. The summed E-state index contributed by atoms with van der Waals surface area (Å²) in [5, 5.41) is 0. The van der Waals surface area contributed by atoms with Crippen molar-refractivity contribution in [3.05, 3.63) is 82.7 Å². The molecule has 1 aliphatic carbocycles. The fraction of sp³-hybridized carbons (Fsp3) is 0.367. The van der Waals surface area contributed by atoms with Gasteiger partial charge in [0.05, 0.1) is 20.6 Å². The minimum absolute atomic E-state index is 0.169. The first kappa shape index (κ1) is 24.8. The Morgan fingerprint density at radius 1 is 1.00 bits per heavy atom. The Morgan fingerprint density at radius 2 is 1.80 bits per heavy atom. The molecule has 0 spiro atoms. The zero-order valence-electron chi connectivity index (χ0n) is 20.9. The van der Waals surface area contributed by atoms with Crippen LogP contribution in [0, 0.1) is 11.7 Å². The number of ether oxygens (including phenoxy) is 3. The van der Waals surface area contributed by atoms with E-state index < -0.39 is 0 Å². The van der Waals surface area contributed by atoms with Gasteiger partial charge in [-0.25, -0.2) is 4.39 Å². The number of methoxy groups -OCH3 is 2. The summed E-state index contributed by atoms with van der Waals surface area (Å²) in [6.07, 6.45) is 3.14. The molecule has 0 saturated heterocycles. The molecule has 0 N–H and O–H groups in total. The lowest BCUT2D eigenvalue weighted by atomic mass is 9.92. The van der Waals surface area contributed by atoms with Gasteiger partial charge in [0.2, 0.25) is 0 Å². The Kier molecular flexibility index (Phi) is 7.74. The molecule has 0 bridgehead atoms.